The molecule has 5 heteroatoms. The molecule has 2 aromatic carbocycles. The van der Waals surface area contributed by atoms with Crippen molar-refractivity contribution in [3.63, 3.8) is 0 Å². The molecule has 112 valence electrons. The normalized spacial score (nSPS) is 14.8. The number of hydrogen-bond acceptors (Lipinski definition) is 1. The lowest BCUT2D eigenvalue weighted by Gasteiger charge is -2.27. The predicted molar refractivity (Wildman–Crippen MR) is 71.1 cm³/mol. The van der Waals surface area contributed by atoms with Gasteiger partial charge in [0.05, 0.1) is 11.2 Å². The molecule has 0 radical (unpaired) electrons. The van der Waals surface area contributed by atoms with Crippen LogP contribution < -0.4 is 0 Å². The third kappa shape index (κ3) is 3.61. The van der Waals surface area contributed by atoms with Gasteiger partial charge in [0.25, 0.3) is 0 Å². The van der Waals surface area contributed by atoms with E-state index in [4.69, 9.17) is 0 Å². The Morgan fingerprint density at radius 2 is 1.43 bits per heavy atom. The van der Waals surface area contributed by atoms with Gasteiger partial charge in [-0.1, -0.05) is 30.3 Å². The van der Waals surface area contributed by atoms with E-state index in [1.54, 1.807) is 0 Å². The van der Waals surface area contributed by atoms with Gasteiger partial charge in [0.1, 0.15) is 5.82 Å². The second-order valence-corrected chi connectivity index (χ2v) is 5.12. The minimum atomic E-state index is -4.54. The molecule has 0 saturated heterocycles. The maximum absolute atomic E-state index is 13.0. The SMILES string of the molecule is CC(O)(Cc1ccc(F)cc1)c1ccccc1C(F)(F)F. The molecule has 2 rings (SSSR count). The van der Waals surface area contributed by atoms with Crippen molar-refractivity contribution in [2.24, 2.45) is 0 Å². The minimum absolute atomic E-state index is 0.0413. The summed E-state index contributed by atoms with van der Waals surface area (Å²) in [6.07, 6.45) is -4.58. The van der Waals surface area contributed by atoms with Gasteiger partial charge in [-0.05, 0) is 36.2 Å². The Labute approximate surface area is 119 Å². The summed E-state index contributed by atoms with van der Waals surface area (Å²) in [4.78, 5) is 0. The first-order chi connectivity index (χ1) is 9.70. The summed E-state index contributed by atoms with van der Waals surface area (Å²) in [6, 6.07) is 10.2. The Hall–Kier alpha value is -1.88. The fourth-order valence-electron chi connectivity index (χ4n) is 2.29. The maximum atomic E-state index is 13.0. The van der Waals surface area contributed by atoms with Crippen LogP contribution in [0.2, 0.25) is 0 Å². The highest BCUT2D eigenvalue weighted by Crippen LogP contribution is 2.37. The van der Waals surface area contributed by atoms with E-state index in [-0.39, 0.29) is 12.0 Å². The number of hydrogen-bond donors (Lipinski definition) is 1. The van der Waals surface area contributed by atoms with E-state index in [0.717, 1.165) is 6.07 Å². The third-order valence-corrected chi connectivity index (χ3v) is 3.27. The molecule has 0 fully saturated rings. The maximum Gasteiger partial charge on any atom is 0.416 e. The Morgan fingerprint density at radius 1 is 0.905 bits per heavy atom. The van der Waals surface area contributed by atoms with Gasteiger partial charge in [-0.25, -0.2) is 4.39 Å². The zero-order chi connectivity index (χ0) is 15.7. The van der Waals surface area contributed by atoms with E-state index in [2.05, 4.69) is 0 Å². The van der Waals surface area contributed by atoms with E-state index in [1.165, 1.54) is 49.4 Å². The smallest absolute Gasteiger partial charge is 0.385 e. The molecule has 0 saturated carbocycles. The summed E-state index contributed by atoms with van der Waals surface area (Å²) in [5.41, 5.74) is -2.21. The average Bonchev–Trinajstić information content (AvgIpc) is 2.40. The van der Waals surface area contributed by atoms with Gasteiger partial charge in [0.2, 0.25) is 0 Å². The molecule has 2 aromatic rings. The summed E-state index contributed by atoms with van der Waals surface area (Å²) in [5, 5.41) is 10.5. The van der Waals surface area contributed by atoms with Crippen LogP contribution in [0.15, 0.2) is 48.5 Å². The first kappa shape index (κ1) is 15.5. The molecule has 0 aliphatic heterocycles. The van der Waals surface area contributed by atoms with Crippen LogP contribution in [0.25, 0.3) is 0 Å². The van der Waals surface area contributed by atoms with Crippen LogP contribution in [0.1, 0.15) is 23.6 Å². The van der Waals surface area contributed by atoms with Crippen molar-refractivity contribution in [2.45, 2.75) is 25.1 Å². The van der Waals surface area contributed by atoms with E-state index in [0.29, 0.717) is 5.56 Å². The van der Waals surface area contributed by atoms with Gasteiger partial charge in [-0.2, -0.15) is 13.2 Å². The lowest BCUT2D eigenvalue weighted by Crippen LogP contribution is -2.28. The monoisotopic (exact) mass is 298 g/mol. The Balaban J connectivity index is 2.38. The van der Waals surface area contributed by atoms with E-state index in [1.807, 2.05) is 0 Å². The number of benzene rings is 2. The predicted octanol–water partition coefficient (Wildman–Crippen LogP) is 4.29. The highest BCUT2D eigenvalue weighted by Gasteiger charge is 2.38. The lowest BCUT2D eigenvalue weighted by atomic mass is 9.86. The van der Waals surface area contributed by atoms with Crippen LogP contribution in [0.4, 0.5) is 17.6 Å². The molecular formula is C16H14F4O. The lowest BCUT2D eigenvalue weighted by molar-refractivity contribution is -0.140. The van der Waals surface area contributed by atoms with Crippen molar-refractivity contribution in [3.8, 4) is 0 Å². The number of alkyl halides is 3. The van der Waals surface area contributed by atoms with Crippen molar-refractivity contribution >= 4 is 0 Å². The van der Waals surface area contributed by atoms with Gasteiger partial charge >= 0.3 is 6.18 Å². The second kappa shape index (κ2) is 5.48. The third-order valence-electron chi connectivity index (χ3n) is 3.27. The Morgan fingerprint density at radius 3 is 1.95 bits per heavy atom. The van der Waals surface area contributed by atoms with Crippen molar-refractivity contribution in [1.82, 2.24) is 0 Å². The second-order valence-electron chi connectivity index (χ2n) is 5.12. The fourth-order valence-corrected chi connectivity index (χ4v) is 2.29. The molecule has 0 heterocycles. The van der Waals surface area contributed by atoms with E-state index in [9.17, 15) is 22.7 Å². The highest BCUT2D eigenvalue weighted by atomic mass is 19.4. The quantitative estimate of drug-likeness (QED) is 0.838. The first-order valence-corrected chi connectivity index (χ1v) is 6.34. The van der Waals surface area contributed by atoms with Crippen LogP contribution in [0.5, 0.6) is 0 Å². The molecule has 1 atom stereocenters. The van der Waals surface area contributed by atoms with Crippen molar-refractivity contribution in [3.05, 3.63) is 71.0 Å². The summed E-state index contributed by atoms with van der Waals surface area (Å²) < 4.78 is 51.9. The Bertz CT molecular complexity index is 615. The van der Waals surface area contributed by atoms with Crippen LogP contribution in [0, 0.1) is 5.82 Å². The van der Waals surface area contributed by atoms with E-state index >= 15 is 0 Å². The van der Waals surface area contributed by atoms with Crippen LogP contribution in [0.3, 0.4) is 0 Å². The molecule has 1 N–H and O–H groups in total. The summed E-state index contributed by atoms with van der Waals surface area (Å²) >= 11 is 0. The molecule has 0 amide bonds. The molecular weight excluding hydrogens is 284 g/mol. The standard InChI is InChI=1S/C16H14F4O/c1-15(21,10-11-6-8-12(17)9-7-11)13-4-2-3-5-14(13)16(18,19)20/h2-9,21H,10H2,1H3. The summed E-state index contributed by atoms with van der Waals surface area (Å²) in [7, 11) is 0. The number of aliphatic hydroxyl groups is 1. The molecule has 0 aromatic heterocycles. The number of rotatable bonds is 3. The number of halogens is 4. The van der Waals surface area contributed by atoms with Gasteiger partial charge in [-0.15, -0.1) is 0 Å². The largest absolute Gasteiger partial charge is 0.416 e. The highest BCUT2D eigenvalue weighted by molar-refractivity contribution is 5.35. The van der Waals surface area contributed by atoms with Gasteiger partial charge in [0, 0.05) is 6.42 Å². The molecule has 1 unspecified atom stereocenters. The van der Waals surface area contributed by atoms with Crippen molar-refractivity contribution in [2.75, 3.05) is 0 Å². The molecule has 1 nitrogen and oxygen atoms in total. The molecule has 0 spiro atoms. The zero-order valence-corrected chi connectivity index (χ0v) is 11.3. The Kier molecular flexibility index (Phi) is 4.05. The van der Waals surface area contributed by atoms with Gasteiger partial charge in [-0.3, -0.25) is 0 Å². The van der Waals surface area contributed by atoms with Crippen LogP contribution >= 0.6 is 0 Å². The summed E-state index contributed by atoms with van der Waals surface area (Å²) in [6.45, 7) is 1.32. The van der Waals surface area contributed by atoms with Gasteiger partial charge in [0.15, 0.2) is 0 Å². The minimum Gasteiger partial charge on any atom is -0.385 e. The van der Waals surface area contributed by atoms with Crippen molar-refractivity contribution < 1.29 is 22.7 Å². The molecule has 0 aliphatic rings. The zero-order valence-electron chi connectivity index (χ0n) is 11.3. The topological polar surface area (TPSA) is 20.2 Å². The molecule has 0 aliphatic carbocycles. The first-order valence-electron chi connectivity index (χ1n) is 6.34. The summed E-state index contributed by atoms with van der Waals surface area (Å²) in [5.74, 6) is -0.436. The molecule has 0 bridgehead atoms. The van der Waals surface area contributed by atoms with Crippen LogP contribution in [-0.4, -0.2) is 5.11 Å². The fraction of sp³-hybridized carbons (Fsp3) is 0.250. The average molecular weight is 298 g/mol. The van der Waals surface area contributed by atoms with Crippen LogP contribution in [-0.2, 0) is 18.2 Å². The molecule has 21 heavy (non-hydrogen) atoms. The van der Waals surface area contributed by atoms with E-state index < -0.39 is 23.2 Å². The van der Waals surface area contributed by atoms with Crippen molar-refractivity contribution in [1.29, 1.82) is 0 Å². The van der Waals surface area contributed by atoms with Gasteiger partial charge < -0.3 is 5.11 Å².